The van der Waals surface area contributed by atoms with Crippen LogP contribution >= 0.6 is 11.6 Å². The van der Waals surface area contributed by atoms with E-state index in [4.69, 9.17) is 16.1 Å². The lowest BCUT2D eigenvalue weighted by Crippen LogP contribution is -2.38. The van der Waals surface area contributed by atoms with Gasteiger partial charge in [-0.15, -0.1) is 0 Å². The lowest BCUT2D eigenvalue weighted by atomic mass is 9.95. The maximum Gasteiger partial charge on any atom is 0.255 e. The Hall–Kier alpha value is -1.95. The molecule has 1 aliphatic heterocycles. The summed E-state index contributed by atoms with van der Waals surface area (Å²) >= 11 is 6.02. The Bertz CT molecular complexity index is 739. The highest BCUT2D eigenvalue weighted by atomic mass is 35.5. The average Bonchev–Trinajstić information content (AvgIpc) is 2.97. The Morgan fingerprint density at radius 2 is 2.04 bits per heavy atom. The van der Waals surface area contributed by atoms with Crippen molar-refractivity contribution < 1.29 is 13.7 Å². The van der Waals surface area contributed by atoms with Crippen LogP contribution in [0.4, 0.5) is 4.39 Å². The number of aryl methyl sites for hydroxylation is 2. The van der Waals surface area contributed by atoms with Gasteiger partial charge in [-0.3, -0.25) is 4.79 Å². The van der Waals surface area contributed by atoms with Gasteiger partial charge in [-0.25, -0.2) is 4.39 Å². The van der Waals surface area contributed by atoms with E-state index >= 15 is 0 Å². The molecule has 23 heavy (non-hydrogen) atoms. The molecule has 7 heteroatoms. The Balaban J connectivity index is 1.70. The standard InChI is InChI=1S/C16H17ClFN3O2/c1-9-7-12(13(17)8-14(9)18)16(22)21-5-3-11(4-6-21)15-19-10(2)23-20-15/h7-8,11H,3-6H2,1-2H3. The highest BCUT2D eigenvalue weighted by Crippen LogP contribution is 2.28. The molecule has 0 spiro atoms. The molecule has 1 aromatic carbocycles. The van der Waals surface area contributed by atoms with E-state index in [0.29, 0.717) is 35.9 Å². The quantitative estimate of drug-likeness (QED) is 0.841. The number of aromatic nitrogens is 2. The minimum absolute atomic E-state index is 0.147. The van der Waals surface area contributed by atoms with Gasteiger partial charge in [0.2, 0.25) is 5.89 Å². The SMILES string of the molecule is Cc1nc(C2CCN(C(=O)c3cc(C)c(F)cc3Cl)CC2)no1. The number of carbonyl (C=O) groups is 1. The van der Waals surface area contributed by atoms with Crippen LogP contribution in [-0.2, 0) is 0 Å². The molecule has 1 saturated heterocycles. The second kappa shape index (κ2) is 6.28. The molecule has 122 valence electrons. The number of benzene rings is 1. The van der Waals surface area contributed by atoms with Crippen LogP contribution in [0.2, 0.25) is 5.02 Å². The van der Waals surface area contributed by atoms with Crippen molar-refractivity contribution in [1.29, 1.82) is 0 Å². The lowest BCUT2D eigenvalue weighted by Gasteiger charge is -2.31. The third kappa shape index (κ3) is 3.22. The van der Waals surface area contributed by atoms with E-state index in [1.54, 1.807) is 18.7 Å². The number of rotatable bonds is 2. The van der Waals surface area contributed by atoms with Crippen molar-refractivity contribution in [3.8, 4) is 0 Å². The Labute approximate surface area is 138 Å². The van der Waals surface area contributed by atoms with Crippen molar-refractivity contribution in [1.82, 2.24) is 15.0 Å². The van der Waals surface area contributed by atoms with Gasteiger partial charge in [0.1, 0.15) is 5.82 Å². The summed E-state index contributed by atoms with van der Waals surface area (Å²) in [5, 5.41) is 4.10. The summed E-state index contributed by atoms with van der Waals surface area (Å²) in [7, 11) is 0. The lowest BCUT2D eigenvalue weighted by molar-refractivity contribution is 0.0710. The molecule has 1 aliphatic rings. The number of amides is 1. The maximum absolute atomic E-state index is 13.5. The Morgan fingerprint density at radius 1 is 1.35 bits per heavy atom. The van der Waals surface area contributed by atoms with Crippen LogP contribution in [-0.4, -0.2) is 34.0 Å². The van der Waals surface area contributed by atoms with E-state index in [0.717, 1.165) is 12.8 Å². The van der Waals surface area contributed by atoms with Gasteiger partial charge in [0, 0.05) is 25.9 Å². The van der Waals surface area contributed by atoms with Crippen molar-refractivity contribution in [2.24, 2.45) is 0 Å². The summed E-state index contributed by atoms with van der Waals surface area (Å²) < 4.78 is 18.5. The maximum atomic E-state index is 13.5. The molecule has 1 amide bonds. The average molecular weight is 338 g/mol. The van der Waals surface area contributed by atoms with Gasteiger partial charge < -0.3 is 9.42 Å². The first-order chi connectivity index (χ1) is 11.0. The van der Waals surface area contributed by atoms with Gasteiger partial charge in [-0.2, -0.15) is 4.98 Å². The van der Waals surface area contributed by atoms with Crippen LogP contribution < -0.4 is 0 Å². The van der Waals surface area contributed by atoms with Gasteiger partial charge in [0.15, 0.2) is 5.82 Å². The first-order valence-corrected chi connectivity index (χ1v) is 7.88. The zero-order valence-electron chi connectivity index (χ0n) is 13.0. The summed E-state index contributed by atoms with van der Waals surface area (Å²) in [6.45, 7) is 4.55. The number of halogens is 2. The third-order valence-electron chi connectivity index (χ3n) is 4.17. The smallest absolute Gasteiger partial charge is 0.255 e. The topological polar surface area (TPSA) is 59.2 Å². The molecule has 0 radical (unpaired) electrons. The largest absolute Gasteiger partial charge is 0.340 e. The fraction of sp³-hybridized carbons (Fsp3) is 0.438. The minimum Gasteiger partial charge on any atom is -0.340 e. The second-order valence-corrected chi connectivity index (χ2v) is 6.23. The number of hydrogen-bond acceptors (Lipinski definition) is 4. The molecular weight excluding hydrogens is 321 g/mol. The van der Waals surface area contributed by atoms with Gasteiger partial charge in [0.25, 0.3) is 5.91 Å². The van der Waals surface area contributed by atoms with Crippen molar-refractivity contribution in [3.05, 3.63) is 45.8 Å². The summed E-state index contributed by atoms with van der Waals surface area (Å²) in [6, 6.07) is 2.70. The van der Waals surface area contributed by atoms with E-state index in [1.165, 1.54) is 12.1 Å². The Morgan fingerprint density at radius 3 is 2.65 bits per heavy atom. The van der Waals surface area contributed by atoms with Gasteiger partial charge in [-0.05, 0) is 37.5 Å². The Kier molecular flexibility index (Phi) is 4.35. The van der Waals surface area contributed by atoms with Gasteiger partial charge in [0.05, 0.1) is 10.6 Å². The summed E-state index contributed by atoms with van der Waals surface area (Å²) in [4.78, 5) is 18.6. The summed E-state index contributed by atoms with van der Waals surface area (Å²) in [5.41, 5.74) is 0.759. The van der Waals surface area contributed by atoms with E-state index < -0.39 is 5.82 Å². The van der Waals surface area contributed by atoms with Crippen LogP contribution in [0.25, 0.3) is 0 Å². The zero-order valence-corrected chi connectivity index (χ0v) is 13.7. The van der Waals surface area contributed by atoms with Crippen molar-refractivity contribution in [2.75, 3.05) is 13.1 Å². The number of likely N-dealkylation sites (tertiary alicyclic amines) is 1. The molecule has 0 N–H and O–H groups in total. The third-order valence-corrected chi connectivity index (χ3v) is 4.48. The van der Waals surface area contributed by atoms with Crippen LogP contribution in [0, 0.1) is 19.7 Å². The van der Waals surface area contributed by atoms with E-state index in [2.05, 4.69) is 10.1 Å². The molecule has 2 heterocycles. The fourth-order valence-corrected chi connectivity index (χ4v) is 3.04. The molecule has 3 rings (SSSR count). The van der Waals surface area contributed by atoms with Crippen LogP contribution in [0.15, 0.2) is 16.7 Å². The minimum atomic E-state index is -0.405. The number of piperidine rings is 1. The predicted octanol–water partition coefficient (Wildman–Crippen LogP) is 3.50. The van der Waals surface area contributed by atoms with E-state index in [-0.39, 0.29) is 16.8 Å². The first kappa shape index (κ1) is 15.9. The number of carbonyl (C=O) groups excluding carboxylic acids is 1. The molecule has 0 unspecified atom stereocenters. The molecule has 2 aromatic rings. The number of hydrogen-bond donors (Lipinski definition) is 0. The molecule has 5 nitrogen and oxygen atoms in total. The molecule has 0 saturated carbocycles. The highest BCUT2D eigenvalue weighted by Gasteiger charge is 2.28. The number of nitrogens with zero attached hydrogens (tertiary/aromatic N) is 3. The van der Waals surface area contributed by atoms with E-state index in [1.807, 2.05) is 0 Å². The molecule has 0 aliphatic carbocycles. The molecule has 0 bridgehead atoms. The fourth-order valence-electron chi connectivity index (χ4n) is 2.81. The summed E-state index contributed by atoms with van der Waals surface area (Å²) in [6.07, 6.45) is 1.53. The van der Waals surface area contributed by atoms with Gasteiger partial charge in [-0.1, -0.05) is 16.8 Å². The second-order valence-electron chi connectivity index (χ2n) is 5.82. The van der Waals surface area contributed by atoms with Crippen LogP contribution in [0.3, 0.4) is 0 Å². The van der Waals surface area contributed by atoms with Crippen molar-refractivity contribution in [3.63, 3.8) is 0 Å². The normalized spacial score (nSPS) is 15.9. The molecule has 1 fully saturated rings. The monoisotopic (exact) mass is 337 g/mol. The highest BCUT2D eigenvalue weighted by molar-refractivity contribution is 6.33. The first-order valence-electron chi connectivity index (χ1n) is 7.51. The summed E-state index contributed by atoms with van der Waals surface area (Å²) in [5.74, 6) is 0.873. The van der Waals surface area contributed by atoms with Crippen molar-refractivity contribution >= 4 is 17.5 Å². The predicted molar refractivity (Wildman–Crippen MR) is 83.1 cm³/mol. The van der Waals surface area contributed by atoms with Crippen LogP contribution in [0.1, 0.15) is 46.4 Å². The molecular formula is C16H17ClFN3O2. The zero-order chi connectivity index (χ0) is 16.6. The van der Waals surface area contributed by atoms with E-state index in [9.17, 15) is 9.18 Å². The van der Waals surface area contributed by atoms with Crippen molar-refractivity contribution in [2.45, 2.75) is 32.6 Å². The van der Waals surface area contributed by atoms with Gasteiger partial charge >= 0.3 is 0 Å². The molecule has 1 aromatic heterocycles. The van der Waals surface area contributed by atoms with Crippen LogP contribution in [0.5, 0.6) is 0 Å². The molecule has 0 atom stereocenters.